The van der Waals surface area contributed by atoms with Crippen molar-refractivity contribution in [2.45, 2.75) is 13.3 Å². The number of esters is 1. The van der Waals surface area contributed by atoms with Crippen molar-refractivity contribution >= 4 is 18.4 Å². The van der Waals surface area contributed by atoms with Crippen molar-refractivity contribution in [1.82, 2.24) is 0 Å². The zero-order chi connectivity index (χ0) is 7.98. The quantitative estimate of drug-likeness (QED) is 0.398. The lowest BCUT2D eigenvalue weighted by molar-refractivity contribution is -0.139. The maximum atomic E-state index is 10.6. The molecular weight excluding hydrogens is 168 g/mol. The molecule has 0 spiro atoms. The van der Waals surface area contributed by atoms with Crippen LogP contribution in [0.25, 0.3) is 0 Å². The molecule has 0 atom stereocenters. The summed E-state index contributed by atoms with van der Waals surface area (Å²) in [5, 5.41) is 8.30. The van der Waals surface area contributed by atoms with Crippen molar-refractivity contribution in [3.63, 3.8) is 0 Å². The van der Waals surface area contributed by atoms with Gasteiger partial charge in [0.2, 0.25) is 0 Å². The van der Waals surface area contributed by atoms with Crippen molar-refractivity contribution in [2.24, 2.45) is 0 Å². The molecule has 0 aromatic heterocycles. The van der Waals surface area contributed by atoms with Gasteiger partial charge in [-0.15, -0.1) is 12.4 Å². The standard InChI is InChI=1S/C7H12O3.ClH/c1-6(2)7(9)10-5-3-4-8;/h8H,1,3-5H2,2H3;1H. The molecule has 0 rings (SSSR count). The van der Waals surface area contributed by atoms with Crippen molar-refractivity contribution < 1.29 is 14.6 Å². The largest absolute Gasteiger partial charge is 0.462 e. The number of hydrogen-bond acceptors (Lipinski definition) is 3. The van der Waals surface area contributed by atoms with Crippen LogP contribution in [0.5, 0.6) is 0 Å². The van der Waals surface area contributed by atoms with Gasteiger partial charge in [-0.3, -0.25) is 0 Å². The molecule has 0 aromatic carbocycles. The third-order valence-electron chi connectivity index (χ3n) is 0.884. The molecular formula is C7H13ClO3. The van der Waals surface area contributed by atoms with E-state index in [9.17, 15) is 4.79 Å². The second kappa shape index (κ2) is 7.57. The Morgan fingerprint density at radius 3 is 2.55 bits per heavy atom. The molecule has 66 valence electrons. The molecule has 0 aromatic rings. The molecule has 0 bridgehead atoms. The van der Waals surface area contributed by atoms with Crippen LogP contribution in [0, 0.1) is 0 Å². The van der Waals surface area contributed by atoms with E-state index in [-0.39, 0.29) is 25.6 Å². The monoisotopic (exact) mass is 180 g/mol. The van der Waals surface area contributed by atoms with E-state index in [2.05, 4.69) is 11.3 Å². The van der Waals surface area contributed by atoms with E-state index in [0.29, 0.717) is 12.0 Å². The van der Waals surface area contributed by atoms with Gasteiger partial charge in [0, 0.05) is 18.6 Å². The van der Waals surface area contributed by atoms with Crippen LogP contribution >= 0.6 is 12.4 Å². The average molecular weight is 181 g/mol. The van der Waals surface area contributed by atoms with Gasteiger partial charge in [0.1, 0.15) is 0 Å². The first-order chi connectivity index (χ1) is 4.68. The number of aliphatic hydroxyl groups excluding tert-OH is 1. The first-order valence-corrected chi connectivity index (χ1v) is 3.12. The van der Waals surface area contributed by atoms with Crippen LogP contribution in [0.15, 0.2) is 12.2 Å². The minimum Gasteiger partial charge on any atom is -0.462 e. The van der Waals surface area contributed by atoms with Gasteiger partial charge >= 0.3 is 5.97 Å². The fraction of sp³-hybridized carbons (Fsp3) is 0.571. The molecule has 0 radical (unpaired) electrons. The summed E-state index contributed by atoms with van der Waals surface area (Å²) in [4.78, 5) is 10.6. The molecule has 0 aliphatic heterocycles. The minimum atomic E-state index is -0.395. The highest BCUT2D eigenvalue weighted by Gasteiger charge is 2.00. The Kier molecular flexibility index (Phi) is 9.00. The molecule has 4 heteroatoms. The van der Waals surface area contributed by atoms with Gasteiger partial charge in [0.05, 0.1) is 6.61 Å². The van der Waals surface area contributed by atoms with Gasteiger partial charge in [-0.25, -0.2) is 4.79 Å². The molecule has 1 N–H and O–H groups in total. The highest BCUT2D eigenvalue weighted by molar-refractivity contribution is 5.86. The summed E-state index contributed by atoms with van der Waals surface area (Å²) in [6.45, 7) is 5.29. The van der Waals surface area contributed by atoms with Crippen LogP contribution in [0.1, 0.15) is 13.3 Å². The second-order valence-electron chi connectivity index (χ2n) is 1.99. The lowest BCUT2D eigenvalue weighted by atomic mass is 10.4. The Balaban J connectivity index is 0. The number of carbonyl (C=O) groups is 1. The summed E-state index contributed by atoms with van der Waals surface area (Å²) in [6, 6.07) is 0. The normalized spacial score (nSPS) is 8.18. The third-order valence-corrected chi connectivity index (χ3v) is 0.884. The summed E-state index contributed by atoms with van der Waals surface area (Å²) in [5.74, 6) is -0.395. The van der Waals surface area contributed by atoms with Crippen LogP contribution in [0.4, 0.5) is 0 Å². The molecule has 0 heterocycles. The first-order valence-electron chi connectivity index (χ1n) is 3.12. The van der Waals surface area contributed by atoms with E-state index >= 15 is 0 Å². The van der Waals surface area contributed by atoms with Crippen LogP contribution in [0.2, 0.25) is 0 Å². The van der Waals surface area contributed by atoms with Crippen LogP contribution in [0.3, 0.4) is 0 Å². The Bertz CT molecular complexity index is 134. The van der Waals surface area contributed by atoms with Crippen molar-refractivity contribution in [3.8, 4) is 0 Å². The van der Waals surface area contributed by atoms with E-state index in [1.165, 1.54) is 0 Å². The summed E-state index contributed by atoms with van der Waals surface area (Å²) < 4.78 is 4.65. The Morgan fingerprint density at radius 2 is 2.18 bits per heavy atom. The second-order valence-corrected chi connectivity index (χ2v) is 1.99. The molecule has 0 aliphatic rings. The summed E-state index contributed by atoms with van der Waals surface area (Å²) in [6.07, 6.45) is 0.485. The SMILES string of the molecule is C=C(C)C(=O)OCCCO.Cl. The lowest BCUT2D eigenvalue weighted by Gasteiger charge is -2.00. The van der Waals surface area contributed by atoms with E-state index in [0.717, 1.165) is 0 Å². The predicted octanol–water partition coefficient (Wildman–Crippen LogP) is 0.910. The first kappa shape index (κ1) is 13.1. The van der Waals surface area contributed by atoms with E-state index in [1.54, 1.807) is 6.92 Å². The van der Waals surface area contributed by atoms with Gasteiger partial charge in [-0.1, -0.05) is 6.58 Å². The molecule has 0 amide bonds. The molecule has 0 aliphatic carbocycles. The summed E-state index contributed by atoms with van der Waals surface area (Å²) in [5.41, 5.74) is 0.387. The molecule has 0 saturated heterocycles. The summed E-state index contributed by atoms with van der Waals surface area (Å²) in [7, 11) is 0. The van der Waals surface area contributed by atoms with Crippen molar-refractivity contribution in [3.05, 3.63) is 12.2 Å². The van der Waals surface area contributed by atoms with Crippen LogP contribution < -0.4 is 0 Å². The zero-order valence-electron chi connectivity index (χ0n) is 6.50. The van der Waals surface area contributed by atoms with Gasteiger partial charge < -0.3 is 9.84 Å². The Hall–Kier alpha value is -0.540. The number of halogens is 1. The maximum absolute atomic E-state index is 10.6. The number of ether oxygens (including phenoxy) is 1. The number of rotatable bonds is 4. The van der Waals surface area contributed by atoms with Gasteiger partial charge in [-0.05, 0) is 6.92 Å². The fourth-order valence-electron chi connectivity index (χ4n) is 0.353. The number of hydrogen-bond donors (Lipinski definition) is 1. The van der Waals surface area contributed by atoms with Gasteiger partial charge in [0.25, 0.3) is 0 Å². The van der Waals surface area contributed by atoms with Crippen LogP contribution in [-0.4, -0.2) is 24.3 Å². The molecule has 0 fully saturated rings. The van der Waals surface area contributed by atoms with Gasteiger partial charge in [0.15, 0.2) is 0 Å². The average Bonchev–Trinajstić information content (AvgIpc) is 1.88. The van der Waals surface area contributed by atoms with Crippen LogP contribution in [-0.2, 0) is 9.53 Å². The highest BCUT2D eigenvalue weighted by Crippen LogP contribution is 1.92. The minimum absolute atomic E-state index is 0. The van der Waals surface area contributed by atoms with E-state index in [4.69, 9.17) is 5.11 Å². The number of carbonyl (C=O) groups excluding carboxylic acids is 1. The Labute approximate surface area is 72.5 Å². The number of aliphatic hydroxyl groups is 1. The van der Waals surface area contributed by atoms with Gasteiger partial charge in [-0.2, -0.15) is 0 Å². The topological polar surface area (TPSA) is 46.5 Å². The maximum Gasteiger partial charge on any atom is 0.333 e. The van der Waals surface area contributed by atoms with E-state index in [1.807, 2.05) is 0 Å². The smallest absolute Gasteiger partial charge is 0.333 e. The summed E-state index contributed by atoms with van der Waals surface area (Å²) >= 11 is 0. The fourth-order valence-corrected chi connectivity index (χ4v) is 0.353. The van der Waals surface area contributed by atoms with Crippen molar-refractivity contribution in [1.29, 1.82) is 0 Å². The Morgan fingerprint density at radius 1 is 1.64 bits per heavy atom. The molecule has 0 unspecified atom stereocenters. The highest BCUT2D eigenvalue weighted by atomic mass is 35.5. The van der Waals surface area contributed by atoms with Crippen molar-refractivity contribution in [2.75, 3.05) is 13.2 Å². The zero-order valence-corrected chi connectivity index (χ0v) is 7.32. The lowest BCUT2D eigenvalue weighted by Crippen LogP contribution is -2.06. The molecule has 11 heavy (non-hydrogen) atoms. The molecule has 3 nitrogen and oxygen atoms in total. The molecule has 0 saturated carbocycles. The van der Waals surface area contributed by atoms with E-state index < -0.39 is 5.97 Å². The third kappa shape index (κ3) is 7.36. The predicted molar refractivity (Wildman–Crippen MR) is 44.7 cm³/mol.